The number of rotatable bonds is 1. The SMILES string of the molecule is Cc1cc([C@@H]2C[C@@H](C)CN2C)on1. The number of likely N-dealkylation sites (tertiary alicyclic amines) is 1. The van der Waals surface area contributed by atoms with Gasteiger partial charge in [0.25, 0.3) is 0 Å². The van der Waals surface area contributed by atoms with E-state index < -0.39 is 0 Å². The fourth-order valence-corrected chi connectivity index (χ4v) is 2.13. The molecule has 0 amide bonds. The molecule has 2 atom stereocenters. The third-order valence-electron chi connectivity index (χ3n) is 2.73. The van der Waals surface area contributed by atoms with Crippen LogP contribution in [-0.2, 0) is 0 Å². The molecule has 72 valence electrons. The Hall–Kier alpha value is -0.830. The van der Waals surface area contributed by atoms with E-state index in [2.05, 4.69) is 24.0 Å². The summed E-state index contributed by atoms with van der Waals surface area (Å²) in [6, 6.07) is 2.48. The summed E-state index contributed by atoms with van der Waals surface area (Å²) in [5, 5.41) is 3.92. The van der Waals surface area contributed by atoms with Gasteiger partial charge in [-0.3, -0.25) is 4.90 Å². The molecule has 3 heteroatoms. The minimum absolute atomic E-state index is 0.441. The molecule has 1 aromatic rings. The lowest BCUT2D eigenvalue weighted by molar-refractivity contribution is 0.251. The van der Waals surface area contributed by atoms with Crippen molar-refractivity contribution in [2.45, 2.75) is 26.3 Å². The van der Waals surface area contributed by atoms with Crippen molar-refractivity contribution in [3.63, 3.8) is 0 Å². The van der Waals surface area contributed by atoms with Gasteiger partial charge in [0.2, 0.25) is 0 Å². The van der Waals surface area contributed by atoms with Gasteiger partial charge in [0, 0.05) is 12.6 Å². The van der Waals surface area contributed by atoms with Crippen molar-refractivity contribution >= 4 is 0 Å². The van der Waals surface area contributed by atoms with Crippen molar-refractivity contribution < 1.29 is 4.52 Å². The summed E-state index contributed by atoms with van der Waals surface area (Å²) in [6.07, 6.45) is 1.19. The second-order valence-electron chi connectivity index (χ2n) is 4.17. The zero-order valence-electron chi connectivity index (χ0n) is 8.45. The number of nitrogens with zero attached hydrogens (tertiary/aromatic N) is 2. The molecule has 0 aliphatic carbocycles. The first-order valence-electron chi connectivity index (χ1n) is 4.80. The van der Waals surface area contributed by atoms with Crippen LogP contribution in [0.2, 0.25) is 0 Å². The number of aromatic nitrogens is 1. The first-order chi connectivity index (χ1) is 6.16. The van der Waals surface area contributed by atoms with Crippen LogP contribution in [-0.4, -0.2) is 23.6 Å². The highest BCUT2D eigenvalue weighted by Gasteiger charge is 2.30. The molecule has 0 saturated carbocycles. The Morgan fingerprint density at radius 1 is 1.62 bits per heavy atom. The fraction of sp³-hybridized carbons (Fsp3) is 0.700. The molecular weight excluding hydrogens is 164 g/mol. The van der Waals surface area contributed by atoms with Crippen LogP contribution in [0.1, 0.15) is 30.8 Å². The number of hydrogen-bond acceptors (Lipinski definition) is 3. The summed E-state index contributed by atoms with van der Waals surface area (Å²) >= 11 is 0. The summed E-state index contributed by atoms with van der Waals surface area (Å²) in [7, 11) is 2.14. The molecule has 0 unspecified atom stereocenters. The average molecular weight is 180 g/mol. The van der Waals surface area contributed by atoms with E-state index >= 15 is 0 Å². The zero-order chi connectivity index (χ0) is 9.42. The summed E-state index contributed by atoms with van der Waals surface area (Å²) in [5.74, 6) is 1.78. The molecule has 2 heterocycles. The highest BCUT2D eigenvalue weighted by Crippen LogP contribution is 2.33. The Bertz CT molecular complexity index is 295. The predicted octanol–water partition coefficient (Wildman–Crippen LogP) is 2.00. The van der Waals surface area contributed by atoms with Gasteiger partial charge >= 0.3 is 0 Å². The molecular formula is C10H16N2O. The highest BCUT2D eigenvalue weighted by atomic mass is 16.5. The van der Waals surface area contributed by atoms with Crippen LogP contribution >= 0.6 is 0 Å². The van der Waals surface area contributed by atoms with Crippen molar-refractivity contribution in [3.8, 4) is 0 Å². The van der Waals surface area contributed by atoms with E-state index in [-0.39, 0.29) is 0 Å². The summed E-state index contributed by atoms with van der Waals surface area (Å²) in [4.78, 5) is 2.34. The molecule has 1 aliphatic rings. The van der Waals surface area contributed by atoms with E-state index in [0.29, 0.717) is 6.04 Å². The third-order valence-corrected chi connectivity index (χ3v) is 2.73. The van der Waals surface area contributed by atoms with Crippen LogP contribution in [0.3, 0.4) is 0 Å². The lowest BCUT2D eigenvalue weighted by Gasteiger charge is -2.15. The normalized spacial score (nSPS) is 29.8. The molecule has 1 fully saturated rings. The fourth-order valence-electron chi connectivity index (χ4n) is 2.13. The van der Waals surface area contributed by atoms with Gasteiger partial charge in [-0.05, 0) is 26.3 Å². The maximum absolute atomic E-state index is 5.28. The van der Waals surface area contributed by atoms with Gasteiger partial charge in [0.1, 0.15) is 0 Å². The number of hydrogen-bond donors (Lipinski definition) is 0. The predicted molar refractivity (Wildman–Crippen MR) is 50.4 cm³/mol. The standard InChI is InChI=1S/C10H16N2O/c1-7-4-9(12(3)6-7)10-5-8(2)11-13-10/h5,7,9H,4,6H2,1-3H3/t7-,9+/m1/s1. The smallest absolute Gasteiger partial charge is 0.154 e. The van der Waals surface area contributed by atoms with Crippen LogP contribution < -0.4 is 0 Å². The van der Waals surface area contributed by atoms with E-state index in [0.717, 1.165) is 23.9 Å². The van der Waals surface area contributed by atoms with Gasteiger partial charge in [-0.2, -0.15) is 0 Å². The van der Waals surface area contributed by atoms with E-state index in [4.69, 9.17) is 4.52 Å². The van der Waals surface area contributed by atoms with Gasteiger partial charge in [0.05, 0.1) is 11.7 Å². The van der Waals surface area contributed by atoms with Crippen molar-refractivity contribution in [3.05, 3.63) is 17.5 Å². The van der Waals surface area contributed by atoms with Gasteiger partial charge in [0.15, 0.2) is 5.76 Å². The van der Waals surface area contributed by atoms with Crippen molar-refractivity contribution in [1.29, 1.82) is 0 Å². The first kappa shape index (κ1) is 8.75. The lowest BCUT2D eigenvalue weighted by atomic mass is 10.1. The maximum Gasteiger partial charge on any atom is 0.154 e. The summed E-state index contributed by atoms with van der Waals surface area (Å²) < 4.78 is 5.28. The van der Waals surface area contributed by atoms with Crippen LogP contribution in [0.15, 0.2) is 10.6 Å². The van der Waals surface area contributed by atoms with Crippen LogP contribution in [0.25, 0.3) is 0 Å². The molecule has 0 bridgehead atoms. The zero-order valence-corrected chi connectivity index (χ0v) is 8.45. The topological polar surface area (TPSA) is 29.3 Å². The Labute approximate surface area is 78.7 Å². The average Bonchev–Trinajstić information content (AvgIpc) is 2.58. The van der Waals surface area contributed by atoms with Gasteiger partial charge in [-0.25, -0.2) is 0 Å². The van der Waals surface area contributed by atoms with Crippen molar-refractivity contribution in [2.24, 2.45) is 5.92 Å². The molecule has 13 heavy (non-hydrogen) atoms. The Balaban J connectivity index is 2.17. The van der Waals surface area contributed by atoms with Crippen molar-refractivity contribution in [1.82, 2.24) is 10.1 Å². The van der Waals surface area contributed by atoms with E-state index in [1.165, 1.54) is 6.42 Å². The second kappa shape index (κ2) is 3.14. The molecule has 0 spiro atoms. The van der Waals surface area contributed by atoms with Crippen molar-refractivity contribution in [2.75, 3.05) is 13.6 Å². The monoisotopic (exact) mass is 180 g/mol. The second-order valence-corrected chi connectivity index (χ2v) is 4.17. The summed E-state index contributed by atoms with van der Waals surface area (Å²) in [5.41, 5.74) is 0.975. The first-order valence-corrected chi connectivity index (χ1v) is 4.80. The molecule has 2 rings (SSSR count). The Morgan fingerprint density at radius 2 is 2.38 bits per heavy atom. The summed E-state index contributed by atoms with van der Waals surface area (Å²) in [6.45, 7) is 5.40. The van der Waals surface area contributed by atoms with Gasteiger partial charge < -0.3 is 4.52 Å². The van der Waals surface area contributed by atoms with E-state index in [1.54, 1.807) is 0 Å². The molecule has 1 saturated heterocycles. The Morgan fingerprint density at radius 3 is 2.85 bits per heavy atom. The molecule has 0 N–H and O–H groups in total. The molecule has 1 aliphatic heterocycles. The quantitative estimate of drug-likeness (QED) is 0.662. The largest absolute Gasteiger partial charge is 0.359 e. The van der Waals surface area contributed by atoms with Gasteiger partial charge in [-0.1, -0.05) is 12.1 Å². The third kappa shape index (κ3) is 1.61. The van der Waals surface area contributed by atoms with Crippen LogP contribution in [0, 0.1) is 12.8 Å². The minimum Gasteiger partial charge on any atom is -0.359 e. The Kier molecular flexibility index (Phi) is 2.12. The van der Waals surface area contributed by atoms with E-state index in [1.807, 2.05) is 13.0 Å². The molecule has 0 radical (unpaired) electrons. The highest BCUT2D eigenvalue weighted by molar-refractivity contribution is 5.09. The lowest BCUT2D eigenvalue weighted by Crippen LogP contribution is -2.17. The number of aryl methyl sites for hydroxylation is 1. The molecule has 0 aromatic carbocycles. The molecule has 3 nitrogen and oxygen atoms in total. The van der Waals surface area contributed by atoms with E-state index in [9.17, 15) is 0 Å². The minimum atomic E-state index is 0.441. The maximum atomic E-state index is 5.28. The van der Waals surface area contributed by atoms with Gasteiger partial charge in [-0.15, -0.1) is 0 Å². The van der Waals surface area contributed by atoms with Crippen LogP contribution in [0.4, 0.5) is 0 Å². The van der Waals surface area contributed by atoms with Crippen LogP contribution in [0.5, 0.6) is 0 Å². The molecule has 1 aromatic heterocycles.